The van der Waals surface area contributed by atoms with Crippen LogP contribution in [0.25, 0.3) is 0 Å². The number of carbonyl (C=O) groups is 1. The van der Waals surface area contributed by atoms with Gasteiger partial charge in [-0.05, 0) is 38.9 Å². The molecule has 4 aliphatic rings. The van der Waals surface area contributed by atoms with Crippen molar-refractivity contribution >= 4 is 5.97 Å². The summed E-state index contributed by atoms with van der Waals surface area (Å²) < 4.78 is 113. The third-order valence-corrected chi connectivity index (χ3v) is 17.0. The summed E-state index contributed by atoms with van der Waals surface area (Å²) in [5, 5.41) is 0. The molecule has 8 aromatic rings. The Labute approximate surface area is 561 Å². The summed E-state index contributed by atoms with van der Waals surface area (Å²) in [4.78, 5) is 13.8. The average Bonchev–Trinajstić information content (AvgIpc) is 0.767. The summed E-state index contributed by atoms with van der Waals surface area (Å²) >= 11 is 0. The first-order valence-electron chi connectivity index (χ1n) is 32.9. The van der Waals surface area contributed by atoms with Crippen LogP contribution in [0, 0.1) is 0 Å². The minimum absolute atomic E-state index is 0.00627. The highest BCUT2D eigenvalue weighted by atomic mass is 16.8. The van der Waals surface area contributed by atoms with Gasteiger partial charge in [-0.25, -0.2) is 0 Å². The van der Waals surface area contributed by atoms with Gasteiger partial charge in [-0.2, -0.15) is 0 Å². The van der Waals surface area contributed by atoms with Crippen LogP contribution < -0.4 is 0 Å². The molecule has 16 atom stereocenters. The van der Waals surface area contributed by atoms with Crippen LogP contribution in [0.2, 0.25) is 0 Å². The molecule has 0 saturated carbocycles. The maximum absolute atomic E-state index is 13.8. The average molecular weight is 1310 g/mol. The Balaban J connectivity index is 0.977. The molecule has 0 unspecified atom stereocenters. The predicted octanol–water partition coefficient (Wildman–Crippen LogP) is 12.5. The first-order chi connectivity index (χ1) is 47.4. The maximum Gasteiger partial charge on any atom is 0.303 e. The first kappa shape index (κ1) is 68.3. The van der Waals surface area contributed by atoms with Crippen molar-refractivity contribution in [2.24, 2.45) is 0 Å². The van der Waals surface area contributed by atoms with Crippen LogP contribution in [0.15, 0.2) is 255 Å². The lowest BCUT2D eigenvalue weighted by Gasteiger charge is -2.52. The molecule has 0 bridgehead atoms. The molecule has 12 rings (SSSR count). The molecule has 0 aromatic heterocycles. The van der Waals surface area contributed by atoms with Crippen molar-refractivity contribution in [2.75, 3.05) is 26.4 Å². The lowest BCUT2D eigenvalue weighted by Crippen LogP contribution is -2.69. The Morgan fingerprint density at radius 2 is 0.729 bits per heavy atom. The van der Waals surface area contributed by atoms with Gasteiger partial charge >= 0.3 is 5.97 Å². The molecule has 4 saturated heterocycles. The SMILES string of the molecule is C=CCO[C@@H]1O[C@H](COCc2ccccc2)[C@@H](OCc2ccccc2)[C@H](OCc2ccccc2)[C@@H]1O[C@@H]1O[C@H](COCc2ccccc2)[C@@H](OCc2ccccc2)[C@H](OCc2ccccc2)[C@@H]1O[C@@H]1O[C@@H]2CO[C@@H](c3ccccc3)O[C@H]2[C@H](OCc2ccccc2)[C@H]1OC(C)=O. The fourth-order valence-corrected chi connectivity index (χ4v) is 12.3. The second-order valence-electron chi connectivity index (χ2n) is 24.0. The van der Waals surface area contributed by atoms with Crippen molar-refractivity contribution < 1.29 is 80.6 Å². The quantitative estimate of drug-likeness (QED) is 0.0288. The number of rotatable bonds is 32. The van der Waals surface area contributed by atoms with E-state index in [2.05, 4.69) is 6.58 Å². The van der Waals surface area contributed by atoms with Gasteiger partial charge in [0.15, 0.2) is 31.3 Å². The molecule has 8 aromatic carbocycles. The number of fused-ring (bicyclic) bond motifs is 1. The monoisotopic (exact) mass is 1300 g/mol. The molecular weight excluding hydrogens is 1220 g/mol. The highest BCUT2D eigenvalue weighted by molar-refractivity contribution is 5.66. The van der Waals surface area contributed by atoms with E-state index >= 15 is 0 Å². The van der Waals surface area contributed by atoms with Crippen LogP contribution in [0.3, 0.4) is 0 Å². The highest BCUT2D eigenvalue weighted by Crippen LogP contribution is 2.42. The Bertz CT molecular complexity index is 3510. The third kappa shape index (κ3) is 18.9. The van der Waals surface area contributed by atoms with Gasteiger partial charge in [-0.3, -0.25) is 4.79 Å². The lowest BCUT2D eigenvalue weighted by molar-refractivity contribution is -0.412. The van der Waals surface area contributed by atoms with E-state index in [1.165, 1.54) is 6.92 Å². The van der Waals surface area contributed by atoms with Gasteiger partial charge in [0, 0.05) is 12.5 Å². The third-order valence-electron chi connectivity index (χ3n) is 17.0. The predicted molar refractivity (Wildman–Crippen MR) is 355 cm³/mol. The van der Waals surface area contributed by atoms with Crippen LogP contribution >= 0.6 is 0 Å². The normalized spacial score (nSPS) is 27.3. The van der Waals surface area contributed by atoms with Crippen molar-refractivity contribution in [3.63, 3.8) is 0 Å². The molecule has 4 aliphatic heterocycles. The Morgan fingerprint density at radius 1 is 0.385 bits per heavy atom. The molecule has 96 heavy (non-hydrogen) atoms. The van der Waals surface area contributed by atoms with Crippen molar-refractivity contribution in [2.45, 2.75) is 152 Å². The van der Waals surface area contributed by atoms with E-state index < -0.39 is 104 Å². The van der Waals surface area contributed by atoms with Crippen molar-refractivity contribution in [3.05, 3.63) is 300 Å². The molecular formula is C79H84O17. The Morgan fingerprint density at radius 3 is 1.12 bits per heavy atom. The standard InChI is InChI=1S/C79H84O17/c1-3-44-83-77-73(70(86-49-60-36-20-8-21-37-60)67(84-47-58-32-16-6-17-33-58)64(91-77)52-81-45-56-28-12-4-13-29-56)95-79-75(71(87-50-61-38-22-9-23-39-61)68(85-48-59-34-18-7-19-35-59)65(92-79)53-82-46-57-30-14-5-15-31-57)96-78-74(90-55(2)80)72(88-51-62-40-24-10-25-41-62)69-66(93-78)54-89-76(94-69)63-42-26-11-27-43-63/h3-43,64-79H,1,44-54H2,2H3/t64-,65-,66-,67-,68-,69-,70+,71+,72+,73+,74-,75+,76-,77-,78+,79+/m1/s1. The van der Waals surface area contributed by atoms with Gasteiger partial charge in [0.05, 0.1) is 72.7 Å². The first-order valence-corrected chi connectivity index (χ1v) is 32.9. The molecule has 17 heteroatoms. The summed E-state index contributed by atoms with van der Waals surface area (Å²) in [5.41, 5.74) is 7.15. The molecule has 502 valence electrons. The van der Waals surface area contributed by atoms with Crippen molar-refractivity contribution in [3.8, 4) is 0 Å². The minimum atomic E-state index is -1.45. The van der Waals surface area contributed by atoms with Crippen molar-refractivity contribution in [1.82, 2.24) is 0 Å². The molecule has 0 N–H and O–H groups in total. The van der Waals surface area contributed by atoms with Crippen molar-refractivity contribution in [1.29, 1.82) is 0 Å². The van der Waals surface area contributed by atoms with Crippen LogP contribution in [0.4, 0.5) is 0 Å². The number of benzene rings is 8. The fraction of sp³-hybridized carbons (Fsp3) is 0.354. The Hall–Kier alpha value is -7.63. The van der Waals surface area contributed by atoms with Crippen LogP contribution in [0.5, 0.6) is 0 Å². The van der Waals surface area contributed by atoms with E-state index in [0.717, 1.165) is 44.5 Å². The summed E-state index contributed by atoms with van der Waals surface area (Å²) in [5.74, 6) is -0.622. The van der Waals surface area contributed by atoms with E-state index in [9.17, 15) is 4.79 Å². The summed E-state index contributed by atoms with van der Waals surface area (Å²) in [6, 6.07) is 78.6. The smallest absolute Gasteiger partial charge is 0.303 e. The molecule has 0 amide bonds. The number of ether oxygens (including phenoxy) is 16. The topological polar surface area (TPSA) is 165 Å². The summed E-state index contributed by atoms with van der Waals surface area (Å²) in [6.45, 7) is 6.72. The van der Waals surface area contributed by atoms with Crippen LogP contribution in [-0.4, -0.2) is 125 Å². The van der Waals surface area contributed by atoms with Gasteiger partial charge in [0.2, 0.25) is 0 Å². The minimum Gasteiger partial charge on any atom is -0.454 e. The maximum atomic E-state index is 13.8. The zero-order valence-corrected chi connectivity index (χ0v) is 53.8. The van der Waals surface area contributed by atoms with E-state index in [1.54, 1.807) is 6.08 Å². The lowest BCUT2D eigenvalue weighted by atomic mass is 9.95. The van der Waals surface area contributed by atoms with Gasteiger partial charge in [-0.1, -0.05) is 249 Å². The Kier molecular flexibility index (Phi) is 25.3. The van der Waals surface area contributed by atoms with Crippen LogP contribution in [0.1, 0.15) is 57.7 Å². The van der Waals surface area contributed by atoms with E-state index in [1.807, 2.05) is 243 Å². The highest BCUT2D eigenvalue weighted by Gasteiger charge is 2.59. The van der Waals surface area contributed by atoms with Gasteiger partial charge in [0.25, 0.3) is 0 Å². The second-order valence-corrected chi connectivity index (χ2v) is 24.0. The zero-order valence-electron chi connectivity index (χ0n) is 53.8. The van der Waals surface area contributed by atoms with E-state index in [4.69, 9.17) is 75.8 Å². The van der Waals surface area contributed by atoms with E-state index in [0.29, 0.717) is 6.61 Å². The molecule has 0 aliphatic carbocycles. The number of hydrogen-bond donors (Lipinski definition) is 0. The molecule has 17 nitrogen and oxygen atoms in total. The molecule has 4 heterocycles. The largest absolute Gasteiger partial charge is 0.454 e. The number of carbonyl (C=O) groups excluding carboxylic acids is 1. The zero-order chi connectivity index (χ0) is 65.5. The summed E-state index contributed by atoms with van der Waals surface area (Å²) in [7, 11) is 0. The van der Waals surface area contributed by atoms with Gasteiger partial charge in [0.1, 0.15) is 67.1 Å². The van der Waals surface area contributed by atoms with Gasteiger partial charge < -0.3 is 75.8 Å². The number of hydrogen-bond acceptors (Lipinski definition) is 17. The molecule has 0 spiro atoms. The van der Waals surface area contributed by atoms with Gasteiger partial charge in [-0.15, -0.1) is 6.58 Å². The second kappa shape index (κ2) is 35.6. The van der Waals surface area contributed by atoms with E-state index in [-0.39, 0.29) is 66.1 Å². The fourth-order valence-electron chi connectivity index (χ4n) is 12.3. The number of esters is 1. The molecule has 4 fully saturated rings. The molecule has 0 radical (unpaired) electrons. The summed E-state index contributed by atoms with van der Waals surface area (Å²) in [6.07, 6.45) is -15.3. The van der Waals surface area contributed by atoms with Crippen LogP contribution in [-0.2, 0) is 127 Å².